The summed E-state index contributed by atoms with van der Waals surface area (Å²) in [6.07, 6.45) is 0. The fourth-order valence-electron chi connectivity index (χ4n) is 3.58. The smallest absolute Gasteiger partial charge is 0.178 e. The second kappa shape index (κ2) is 7.08. The lowest BCUT2D eigenvalue weighted by atomic mass is 10.1. The molecule has 0 amide bonds. The molecule has 2 aromatic heterocycles. The van der Waals surface area contributed by atoms with Gasteiger partial charge in [0, 0.05) is 18.7 Å². The molecule has 1 aliphatic heterocycles. The molecule has 0 unspecified atom stereocenters. The Morgan fingerprint density at radius 2 is 1.74 bits per heavy atom. The van der Waals surface area contributed by atoms with Gasteiger partial charge in [0.25, 0.3) is 0 Å². The molecule has 0 aliphatic carbocycles. The van der Waals surface area contributed by atoms with Crippen LogP contribution in [-0.2, 0) is 4.74 Å². The lowest BCUT2D eigenvalue weighted by Gasteiger charge is -2.29. The van der Waals surface area contributed by atoms with Crippen LogP contribution in [0, 0.1) is 13.8 Å². The minimum absolute atomic E-state index is 0.686. The van der Waals surface area contributed by atoms with E-state index in [-0.39, 0.29) is 0 Å². The van der Waals surface area contributed by atoms with E-state index in [2.05, 4.69) is 11.0 Å². The Morgan fingerprint density at radius 1 is 1.00 bits per heavy atom. The molecular weight excluding hydrogens is 344 g/mol. The topological polar surface area (TPSA) is 61.1 Å². The molecule has 1 fully saturated rings. The predicted molar refractivity (Wildman–Crippen MR) is 104 cm³/mol. The molecule has 142 valence electrons. The van der Waals surface area contributed by atoms with Crippen molar-refractivity contribution >= 4 is 11.3 Å². The molecule has 1 saturated heterocycles. The van der Waals surface area contributed by atoms with E-state index < -0.39 is 0 Å². The zero-order valence-electron chi connectivity index (χ0n) is 16.2. The number of fused-ring (bicyclic) bond motifs is 1. The van der Waals surface area contributed by atoms with E-state index >= 15 is 0 Å². The maximum Gasteiger partial charge on any atom is 0.178 e. The van der Waals surface area contributed by atoms with Gasteiger partial charge >= 0.3 is 0 Å². The highest BCUT2D eigenvalue weighted by Gasteiger charge is 2.21. The van der Waals surface area contributed by atoms with Crippen LogP contribution in [0.1, 0.15) is 11.4 Å². The molecule has 27 heavy (non-hydrogen) atoms. The predicted octanol–water partition coefficient (Wildman–Crippen LogP) is 2.87. The molecule has 1 aromatic carbocycles. The van der Waals surface area contributed by atoms with Crippen molar-refractivity contribution in [1.82, 2.24) is 14.6 Å². The number of nitrogens with zero attached hydrogens (tertiary/aromatic N) is 4. The first kappa shape index (κ1) is 17.6. The van der Waals surface area contributed by atoms with Gasteiger partial charge in [-0.25, -0.2) is 9.50 Å². The second-order valence-electron chi connectivity index (χ2n) is 6.62. The molecule has 3 heterocycles. The van der Waals surface area contributed by atoms with Crippen LogP contribution in [0.5, 0.6) is 11.5 Å². The van der Waals surface area contributed by atoms with Gasteiger partial charge in [0.05, 0.1) is 50.2 Å². The van der Waals surface area contributed by atoms with E-state index in [4.69, 9.17) is 24.3 Å². The Balaban J connectivity index is 1.89. The van der Waals surface area contributed by atoms with E-state index in [0.717, 1.165) is 60.3 Å². The number of hydrogen-bond donors (Lipinski definition) is 0. The highest BCUT2D eigenvalue weighted by molar-refractivity contribution is 5.76. The SMILES string of the molecule is COc1ccc(-c2c(C)nc3c(N4CCOCC4)cc(C)nn23)cc1OC. The molecule has 1 aliphatic rings. The zero-order valence-corrected chi connectivity index (χ0v) is 16.2. The highest BCUT2D eigenvalue weighted by Crippen LogP contribution is 2.35. The quantitative estimate of drug-likeness (QED) is 0.706. The van der Waals surface area contributed by atoms with Gasteiger partial charge in [-0.05, 0) is 38.1 Å². The first-order chi connectivity index (χ1) is 13.1. The van der Waals surface area contributed by atoms with Crippen molar-refractivity contribution in [2.75, 3.05) is 45.4 Å². The highest BCUT2D eigenvalue weighted by atomic mass is 16.5. The minimum atomic E-state index is 0.686. The van der Waals surface area contributed by atoms with Crippen LogP contribution >= 0.6 is 0 Å². The summed E-state index contributed by atoms with van der Waals surface area (Å²) in [6.45, 7) is 7.20. The van der Waals surface area contributed by atoms with Crippen LogP contribution in [0.4, 0.5) is 5.69 Å². The maximum absolute atomic E-state index is 5.50. The van der Waals surface area contributed by atoms with Crippen LogP contribution in [0.25, 0.3) is 16.9 Å². The van der Waals surface area contributed by atoms with Crippen molar-refractivity contribution in [2.24, 2.45) is 0 Å². The van der Waals surface area contributed by atoms with E-state index in [9.17, 15) is 0 Å². The number of hydrogen-bond acceptors (Lipinski definition) is 6. The van der Waals surface area contributed by atoms with E-state index in [1.807, 2.05) is 36.6 Å². The average molecular weight is 368 g/mol. The summed E-state index contributed by atoms with van der Waals surface area (Å²) in [4.78, 5) is 7.17. The fourth-order valence-corrected chi connectivity index (χ4v) is 3.58. The second-order valence-corrected chi connectivity index (χ2v) is 6.62. The Bertz CT molecular complexity index is 977. The van der Waals surface area contributed by atoms with Crippen LogP contribution in [0.15, 0.2) is 24.3 Å². The van der Waals surface area contributed by atoms with Gasteiger partial charge in [0.1, 0.15) is 0 Å². The number of methoxy groups -OCH3 is 2. The maximum atomic E-state index is 5.50. The molecule has 0 spiro atoms. The van der Waals surface area contributed by atoms with Crippen molar-refractivity contribution in [3.63, 3.8) is 0 Å². The van der Waals surface area contributed by atoms with Crippen LogP contribution in [-0.4, -0.2) is 55.1 Å². The third kappa shape index (κ3) is 3.08. The first-order valence-electron chi connectivity index (χ1n) is 9.04. The molecule has 7 nitrogen and oxygen atoms in total. The minimum Gasteiger partial charge on any atom is -0.493 e. The summed E-state index contributed by atoms with van der Waals surface area (Å²) in [5.74, 6) is 1.39. The van der Waals surface area contributed by atoms with Crippen molar-refractivity contribution < 1.29 is 14.2 Å². The van der Waals surface area contributed by atoms with Gasteiger partial charge in [0.2, 0.25) is 0 Å². The monoisotopic (exact) mass is 368 g/mol. The zero-order chi connectivity index (χ0) is 19.0. The number of ether oxygens (including phenoxy) is 3. The lowest BCUT2D eigenvalue weighted by molar-refractivity contribution is 0.123. The first-order valence-corrected chi connectivity index (χ1v) is 9.04. The normalized spacial score (nSPS) is 14.6. The average Bonchev–Trinajstić information content (AvgIpc) is 3.03. The van der Waals surface area contributed by atoms with Crippen LogP contribution in [0.2, 0.25) is 0 Å². The van der Waals surface area contributed by atoms with E-state index in [0.29, 0.717) is 11.5 Å². The van der Waals surface area contributed by atoms with Crippen molar-refractivity contribution in [3.05, 3.63) is 35.7 Å². The Labute approximate surface area is 158 Å². The number of benzene rings is 1. The van der Waals surface area contributed by atoms with Crippen LogP contribution in [0.3, 0.4) is 0 Å². The molecule has 0 bridgehead atoms. The third-order valence-electron chi connectivity index (χ3n) is 4.87. The third-order valence-corrected chi connectivity index (χ3v) is 4.87. The lowest BCUT2D eigenvalue weighted by Crippen LogP contribution is -2.36. The number of morpholine rings is 1. The fraction of sp³-hybridized carbons (Fsp3) is 0.400. The van der Waals surface area contributed by atoms with Crippen molar-refractivity contribution in [2.45, 2.75) is 13.8 Å². The number of rotatable bonds is 4. The Hall–Kier alpha value is -2.80. The van der Waals surface area contributed by atoms with Gasteiger partial charge in [-0.1, -0.05) is 0 Å². The van der Waals surface area contributed by atoms with Crippen LogP contribution < -0.4 is 14.4 Å². The van der Waals surface area contributed by atoms with Gasteiger partial charge in [0.15, 0.2) is 17.1 Å². The number of imidazole rings is 1. The number of aromatic nitrogens is 3. The molecule has 3 aromatic rings. The summed E-state index contributed by atoms with van der Waals surface area (Å²) in [6, 6.07) is 7.99. The van der Waals surface area contributed by atoms with Gasteiger partial charge in [-0.3, -0.25) is 0 Å². The molecule has 0 radical (unpaired) electrons. The summed E-state index contributed by atoms with van der Waals surface area (Å²) in [5, 5.41) is 4.75. The summed E-state index contributed by atoms with van der Waals surface area (Å²) < 4.78 is 18.3. The van der Waals surface area contributed by atoms with Gasteiger partial charge in [-0.2, -0.15) is 5.10 Å². The molecule has 0 saturated carbocycles. The van der Waals surface area contributed by atoms with Crippen molar-refractivity contribution in [1.29, 1.82) is 0 Å². The van der Waals surface area contributed by atoms with Crippen molar-refractivity contribution in [3.8, 4) is 22.8 Å². The number of anilines is 1. The largest absolute Gasteiger partial charge is 0.493 e. The molecular formula is C20H24N4O3. The van der Waals surface area contributed by atoms with Gasteiger partial charge in [-0.15, -0.1) is 0 Å². The molecule has 0 atom stereocenters. The summed E-state index contributed by atoms with van der Waals surface area (Å²) in [5.41, 5.74) is 5.79. The van der Waals surface area contributed by atoms with Gasteiger partial charge < -0.3 is 19.1 Å². The molecule has 7 heteroatoms. The molecule has 0 N–H and O–H groups in total. The summed E-state index contributed by atoms with van der Waals surface area (Å²) in [7, 11) is 3.28. The standard InChI is InChI=1S/C20H24N4O3/c1-13-11-16(23-7-9-27-10-8-23)20-21-14(2)19(24(20)22-13)15-5-6-17(25-3)18(12-15)26-4/h5-6,11-12H,7-10H2,1-4H3. The summed E-state index contributed by atoms with van der Waals surface area (Å²) >= 11 is 0. The Kier molecular flexibility index (Phi) is 4.61. The van der Waals surface area contributed by atoms with E-state index in [1.165, 1.54) is 0 Å². The van der Waals surface area contributed by atoms with E-state index in [1.54, 1.807) is 14.2 Å². The molecule has 4 rings (SSSR count). The Morgan fingerprint density at radius 3 is 2.44 bits per heavy atom. The number of aryl methyl sites for hydroxylation is 2.